The summed E-state index contributed by atoms with van der Waals surface area (Å²) < 4.78 is 7.10. The summed E-state index contributed by atoms with van der Waals surface area (Å²) in [5, 5.41) is 2.34. The Morgan fingerprint density at radius 1 is 0.933 bits per heavy atom. The number of carbonyl (C=O) groups is 1. The molecule has 0 radical (unpaired) electrons. The van der Waals surface area contributed by atoms with Crippen LogP contribution in [0.25, 0.3) is 0 Å². The van der Waals surface area contributed by atoms with E-state index in [4.69, 9.17) is 4.43 Å². The Hall–Kier alpha value is -2.20. The minimum atomic E-state index is -2.68. The molecule has 2 rings (SSSR count). The minimum absolute atomic E-state index is 0.116. The Morgan fingerprint density at radius 2 is 1.43 bits per heavy atom. The van der Waals surface area contributed by atoms with Crippen molar-refractivity contribution >= 4 is 33.1 Å². The second kappa shape index (κ2) is 10.2. The molecular weight excluding hydrogens is 400 g/mol. The van der Waals surface area contributed by atoms with Crippen molar-refractivity contribution in [3.63, 3.8) is 0 Å². The van der Waals surface area contributed by atoms with Gasteiger partial charge in [0.1, 0.15) is 14.4 Å². The van der Waals surface area contributed by atoms with E-state index in [1.165, 1.54) is 10.4 Å². The molecule has 2 nitrogen and oxygen atoms in total. The minimum Gasteiger partial charge on any atom is -0.400 e. The lowest BCUT2D eigenvalue weighted by Crippen LogP contribution is -2.67. The summed E-state index contributed by atoms with van der Waals surface area (Å²) in [6.07, 6.45) is 4.56. The zero-order chi connectivity index (χ0) is 22.3. The van der Waals surface area contributed by atoms with Gasteiger partial charge in [-0.05, 0) is 21.5 Å². The molecule has 0 heterocycles. The fourth-order valence-corrected chi connectivity index (χ4v) is 8.92. The summed E-state index contributed by atoms with van der Waals surface area (Å²) in [6.45, 7) is 13.5. The number of aldehydes is 1. The lowest BCUT2D eigenvalue weighted by Gasteiger charge is -2.44. The second-order valence-electron chi connectivity index (χ2n) is 9.60. The van der Waals surface area contributed by atoms with Crippen molar-refractivity contribution in [1.82, 2.24) is 0 Å². The van der Waals surface area contributed by atoms with E-state index in [2.05, 4.69) is 100 Å². The average Bonchev–Trinajstić information content (AvgIpc) is 2.69. The molecule has 0 aliphatic rings. The summed E-state index contributed by atoms with van der Waals surface area (Å²) in [7, 11) is -4.16. The van der Waals surface area contributed by atoms with Gasteiger partial charge in [0.15, 0.2) is 0 Å². The molecule has 1 atom stereocenters. The quantitative estimate of drug-likeness (QED) is 0.266. The van der Waals surface area contributed by atoms with Crippen LogP contribution >= 0.6 is 0 Å². The fraction of sp³-hybridized carbons (Fsp3) is 0.346. The highest BCUT2D eigenvalue weighted by Crippen LogP contribution is 2.37. The molecule has 0 bridgehead atoms. The van der Waals surface area contributed by atoms with Gasteiger partial charge < -0.3 is 4.43 Å². The summed E-state index contributed by atoms with van der Waals surface area (Å²) in [4.78, 5) is 11.1. The molecule has 4 heteroatoms. The third-order valence-corrected chi connectivity index (χ3v) is 10.9. The van der Waals surface area contributed by atoms with Crippen LogP contribution in [0.15, 0.2) is 72.8 Å². The van der Waals surface area contributed by atoms with Crippen molar-refractivity contribution in [2.75, 3.05) is 0 Å². The molecule has 2 aromatic rings. The predicted octanol–water partition coefficient (Wildman–Crippen LogP) is 4.96. The molecule has 0 saturated carbocycles. The number of hydrogen-bond acceptors (Lipinski definition) is 2. The van der Waals surface area contributed by atoms with Gasteiger partial charge in [-0.2, -0.15) is 0 Å². The zero-order valence-corrected chi connectivity index (χ0v) is 21.1. The van der Waals surface area contributed by atoms with Gasteiger partial charge in [-0.15, -0.1) is 11.5 Å². The third kappa shape index (κ3) is 6.15. The fourth-order valence-electron chi connectivity index (χ4n) is 3.65. The van der Waals surface area contributed by atoms with Crippen LogP contribution in [0, 0.1) is 11.5 Å². The maximum atomic E-state index is 11.1. The standard InChI is InChI=1S/C26H34O2Si2/c1-26(2,3)30(24-17-9-7-10-18-24,25-19-11-8-12-20-25)28-23(15-13-21-27)16-14-22-29(4,5)6/h7-13,15,17-21,23H,16H2,1-6H3/b15-13+/t23-/m0/s1. The molecule has 30 heavy (non-hydrogen) atoms. The number of benzene rings is 2. The molecule has 0 saturated heterocycles. The van der Waals surface area contributed by atoms with E-state index in [1.54, 1.807) is 6.08 Å². The first-order chi connectivity index (χ1) is 14.1. The molecule has 0 amide bonds. The van der Waals surface area contributed by atoms with E-state index in [1.807, 2.05) is 18.2 Å². The van der Waals surface area contributed by atoms with Crippen LogP contribution in [0.3, 0.4) is 0 Å². The van der Waals surface area contributed by atoms with E-state index in [0.29, 0.717) is 6.42 Å². The first-order valence-corrected chi connectivity index (χ1v) is 15.9. The molecule has 0 aliphatic carbocycles. The van der Waals surface area contributed by atoms with Crippen LogP contribution in [0.5, 0.6) is 0 Å². The summed E-state index contributed by atoms with van der Waals surface area (Å²) in [5.74, 6) is 3.35. The number of carbonyl (C=O) groups excluding carboxylic acids is 1. The van der Waals surface area contributed by atoms with Crippen LogP contribution in [0.2, 0.25) is 24.7 Å². The van der Waals surface area contributed by atoms with Crippen molar-refractivity contribution in [2.24, 2.45) is 0 Å². The monoisotopic (exact) mass is 434 g/mol. The first kappa shape index (κ1) is 24.1. The molecule has 0 aliphatic heterocycles. The highest BCUT2D eigenvalue weighted by molar-refractivity contribution is 6.99. The van der Waals surface area contributed by atoms with Crippen LogP contribution in [-0.4, -0.2) is 28.8 Å². The van der Waals surface area contributed by atoms with Gasteiger partial charge in [0.05, 0.1) is 6.10 Å². The molecule has 2 aromatic carbocycles. The lowest BCUT2D eigenvalue weighted by atomic mass is 10.2. The van der Waals surface area contributed by atoms with Gasteiger partial charge in [0, 0.05) is 6.42 Å². The normalized spacial score (nSPS) is 13.5. The smallest absolute Gasteiger partial charge is 0.261 e. The topological polar surface area (TPSA) is 26.3 Å². The van der Waals surface area contributed by atoms with Crippen molar-refractivity contribution < 1.29 is 9.22 Å². The Labute approximate surface area is 184 Å². The van der Waals surface area contributed by atoms with Gasteiger partial charge in [-0.3, -0.25) is 4.79 Å². The number of rotatable bonds is 7. The molecule has 0 spiro atoms. The van der Waals surface area contributed by atoms with Crippen LogP contribution in [0.4, 0.5) is 0 Å². The molecule has 0 fully saturated rings. The zero-order valence-electron chi connectivity index (χ0n) is 19.1. The van der Waals surface area contributed by atoms with E-state index in [9.17, 15) is 4.79 Å². The lowest BCUT2D eigenvalue weighted by molar-refractivity contribution is -0.104. The van der Waals surface area contributed by atoms with E-state index >= 15 is 0 Å². The number of allylic oxidation sites excluding steroid dienone is 1. The summed E-state index contributed by atoms with van der Waals surface area (Å²) in [6, 6.07) is 21.1. The summed E-state index contributed by atoms with van der Waals surface area (Å²) >= 11 is 0. The van der Waals surface area contributed by atoms with Gasteiger partial charge in [-0.1, -0.05) is 107 Å². The van der Waals surface area contributed by atoms with Gasteiger partial charge in [-0.25, -0.2) is 0 Å². The Bertz CT molecular complexity index is 856. The first-order valence-electron chi connectivity index (χ1n) is 10.5. The largest absolute Gasteiger partial charge is 0.400 e. The molecule has 158 valence electrons. The highest BCUT2D eigenvalue weighted by Gasteiger charge is 2.51. The van der Waals surface area contributed by atoms with Crippen molar-refractivity contribution in [3.05, 3.63) is 72.8 Å². The number of hydrogen-bond donors (Lipinski definition) is 0. The van der Waals surface area contributed by atoms with Crippen LogP contribution in [0.1, 0.15) is 27.2 Å². The maximum Gasteiger partial charge on any atom is 0.261 e. The van der Waals surface area contributed by atoms with Crippen molar-refractivity contribution in [2.45, 2.75) is 58.0 Å². The predicted molar refractivity (Wildman–Crippen MR) is 133 cm³/mol. The van der Waals surface area contributed by atoms with Crippen LogP contribution < -0.4 is 10.4 Å². The van der Waals surface area contributed by atoms with Crippen LogP contribution in [-0.2, 0) is 9.22 Å². The highest BCUT2D eigenvalue weighted by atomic mass is 28.4. The third-order valence-electron chi connectivity index (χ3n) is 4.92. The van der Waals surface area contributed by atoms with Crippen molar-refractivity contribution in [3.8, 4) is 11.5 Å². The molecule has 0 unspecified atom stereocenters. The van der Waals surface area contributed by atoms with E-state index in [-0.39, 0.29) is 11.1 Å². The molecule has 0 aromatic heterocycles. The van der Waals surface area contributed by atoms with E-state index in [0.717, 1.165) is 6.29 Å². The Kier molecular flexibility index (Phi) is 8.20. The average molecular weight is 435 g/mol. The molecule has 0 N–H and O–H groups in total. The second-order valence-corrected chi connectivity index (χ2v) is 18.6. The van der Waals surface area contributed by atoms with Gasteiger partial charge in [0.2, 0.25) is 0 Å². The summed E-state index contributed by atoms with van der Waals surface area (Å²) in [5.41, 5.74) is 3.43. The SMILES string of the molecule is CC(C)(C)[Si](O[C@@H](/C=C/C=O)CC#C[Si](C)(C)C)(c1ccccc1)c1ccccc1. The van der Waals surface area contributed by atoms with Gasteiger partial charge in [0.25, 0.3) is 8.32 Å². The Morgan fingerprint density at radius 3 is 1.83 bits per heavy atom. The maximum absolute atomic E-state index is 11.1. The van der Waals surface area contributed by atoms with Crippen molar-refractivity contribution in [1.29, 1.82) is 0 Å². The molecular formula is C26H34O2Si2. The Balaban J connectivity index is 2.63. The van der Waals surface area contributed by atoms with Gasteiger partial charge >= 0.3 is 0 Å². The van der Waals surface area contributed by atoms with E-state index < -0.39 is 16.4 Å².